The van der Waals surface area contributed by atoms with Crippen LogP contribution in [0, 0.1) is 17.3 Å². The first-order valence-corrected chi connectivity index (χ1v) is 6.22. The molecule has 1 aliphatic carbocycles. The molecule has 0 spiro atoms. The highest BCUT2D eigenvalue weighted by Crippen LogP contribution is 2.53. The second kappa shape index (κ2) is 3.72. The molecule has 0 aromatic heterocycles. The molecule has 86 valence electrons. The van der Waals surface area contributed by atoms with Gasteiger partial charge in [0.25, 0.3) is 0 Å². The summed E-state index contributed by atoms with van der Waals surface area (Å²) in [5.41, 5.74) is 6.39. The van der Waals surface area contributed by atoms with Crippen molar-refractivity contribution in [1.82, 2.24) is 0 Å². The van der Waals surface area contributed by atoms with Crippen LogP contribution >= 0.6 is 0 Å². The Morgan fingerprint density at radius 3 is 2.07 bits per heavy atom. The normalized spacial score (nSPS) is 40.6. The summed E-state index contributed by atoms with van der Waals surface area (Å²) in [6, 6.07) is 0.465. The molecule has 15 heavy (non-hydrogen) atoms. The fraction of sp³-hybridized carbons (Fsp3) is 1.00. The molecule has 3 nitrogen and oxygen atoms in total. The maximum atomic E-state index is 5.91. The van der Waals surface area contributed by atoms with Crippen LogP contribution in [0.1, 0.15) is 25.7 Å². The van der Waals surface area contributed by atoms with E-state index in [-0.39, 0.29) is 0 Å². The molecule has 0 unspecified atom stereocenters. The van der Waals surface area contributed by atoms with Gasteiger partial charge >= 0.3 is 0 Å². The minimum atomic E-state index is 0.465. The molecule has 3 heteroatoms. The van der Waals surface area contributed by atoms with E-state index < -0.39 is 0 Å². The molecular formula is C12H21NO2. The highest BCUT2D eigenvalue weighted by molar-refractivity contribution is 5.03. The molecule has 0 amide bonds. The maximum Gasteiger partial charge on any atom is 0.0550 e. The summed E-state index contributed by atoms with van der Waals surface area (Å²) in [5, 5.41) is 0. The van der Waals surface area contributed by atoms with E-state index in [1.54, 1.807) is 0 Å². The molecule has 0 radical (unpaired) electrons. The molecule has 1 saturated carbocycles. The van der Waals surface area contributed by atoms with Crippen LogP contribution in [0.15, 0.2) is 0 Å². The van der Waals surface area contributed by atoms with E-state index in [4.69, 9.17) is 15.2 Å². The van der Waals surface area contributed by atoms with Crippen LogP contribution < -0.4 is 5.73 Å². The topological polar surface area (TPSA) is 44.5 Å². The van der Waals surface area contributed by atoms with Gasteiger partial charge in [-0.15, -0.1) is 0 Å². The minimum Gasteiger partial charge on any atom is -0.381 e. The van der Waals surface area contributed by atoms with Gasteiger partial charge in [0.05, 0.1) is 13.2 Å². The van der Waals surface area contributed by atoms with Crippen molar-refractivity contribution in [1.29, 1.82) is 0 Å². The summed E-state index contributed by atoms with van der Waals surface area (Å²) < 4.78 is 11.0. The molecule has 0 bridgehead atoms. The fourth-order valence-electron chi connectivity index (χ4n) is 3.55. The molecule has 3 aliphatic rings. The highest BCUT2D eigenvalue weighted by Gasteiger charge is 2.54. The summed E-state index contributed by atoms with van der Waals surface area (Å²) in [4.78, 5) is 0. The predicted molar refractivity (Wildman–Crippen MR) is 57.5 cm³/mol. The smallest absolute Gasteiger partial charge is 0.0550 e. The SMILES string of the molecule is NC1CC(C2(C3CCOCC3)COC2)C1. The van der Waals surface area contributed by atoms with Crippen LogP contribution in [0.4, 0.5) is 0 Å². The van der Waals surface area contributed by atoms with Crippen LogP contribution in [-0.2, 0) is 9.47 Å². The van der Waals surface area contributed by atoms with Crippen LogP contribution in [0.25, 0.3) is 0 Å². The second-order valence-electron chi connectivity index (χ2n) is 5.54. The van der Waals surface area contributed by atoms with Crippen molar-refractivity contribution in [3.63, 3.8) is 0 Å². The largest absolute Gasteiger partial charge is 0.381 e. The third kappa shape index (κ3) is 1.52. The van der Waals surface area contributed by atoms with Crippen LogP contribution in [0.5, 0.6) is 0 Å². The lowest BCUT2D eigenvalue weighted by atomic mass is 9.55. The molecule has 0 aromatic carbocycles. The van der Waals surface area contributed by atoms with E-state index in [2.05, 4.69) is 0 Å². The summed E-state index contributed by atoms with van der Waals surface area (Å²) >= 11 is 0. The summed E-state index contributed by atoms with van der Waals surface area (Å²) in [6.07, 6.45) is 4.91. The second-order valence-corrected chi connectivity index (χ2v) is 5.54. The Morgan fingerprint density at radius 1 is 0.933 bits per heavy atom. The number of nitrogens with two attached hydrogens (primary N) is 1. The van der Waals surface area contributed by atoms with Gasteiger partial charge in [0.15, 0.2) is 0 Å². The third-order valence-corrected chi connectivity index (χ3v) is 4.76. The van der Waals surface area contributed by atoms with E-state index in [9.17, 15) is 0 Å². The van der Waals surface area contributed by atoms with Crippen molar-refractivity contribution in [3.05, 3.63) is 0 Å². The quantitative estimate of drug-likeness (QED) is 0.745. The third-order valence-electron chi connectivity index (χ3n) is 4.76. The van der Waals surface area contributed by atoms with Gasteiger partial charge in [0.1, 0.15) is 0 Å². The average Bonchev–Trinajstić information content (AvgIpc) is 2.15. The monoisotopic (exact) mass is 211 g/mol. The zero-order chi connectivity index (χ0) is 10.3. The lowest BCUT2D eigenvalue weighted by Crippen LogP contribution is -2.59. The summed E-state index contributed by atoms with van der Waals surface area (Å²) in [5.74, 6) is 1.67. The molecule has 0 aromatic rings. The number of hydrogen-bond acceptors (Lipinski definition) is 3. The van der Waals surface area contributed by atoms with Crippen LogP contribution in [-0.4, -0.2) is 32.5 Å². The van der Waals surface area contributed by atoms with Gasteiger partial charge in [0.2, 0.25) is 0 Å². The predicted octanol–water partition coefficient (Wildman–Crippen LogP) is 1.17. The Balaban J connectivity index is 1.68. The Bertz CT molecular complexity index is 228. The minimum absolute atomic E-state index is 0.465. The Kier molecular flexibility index (Phi) is 2.49. The summed E-state index contributed by atoms with van der Waals surface area (Å²) in [7, 11) is 0. The van der Waals surface area contributed by atoms with Crippen molar-refractivity contribution >= 4 is 0 Å². The molecule has 0 atom stereocenters. The van der Waals surface area contributed by atoms with Gasteiger partial charge in [-0.3, -0.25) is 0 Å². The summed E-state index contributed by atoms with van der Waals surface area (Å²) in [6.45, 7) is 3.86. The number of ether oxygens (including phenoxy) is 2. The van der Waals surface area contributed by atoms with Crippen molar-refractivity contribution in [2.45, 2.75) is 31.7 Å². The average molecular weight is 211 g/mol. The molecule has 2 saturated heterocycles. The van der Waals surface area contributed by atoms with E-state index in [1.807, 2.05) is 0 Å². The lowest BCUT2D eigenvalue weighted by molar-refractivity contribution is -0.208. The van der Waals surface area contributed by atoms with Crippen molar-refractivity contribution in [2.75, 3.05) is 26.4 Å². The van der Waals surface area contributed by atoms with Gasteiger partial charge in [-0.25, -0.2) is 0 Å². The molecule has 3 rings (SSSR count). The van der Waals surface area contributed by atoms with Gasteiger partial charge in [-0.1, -0.05) is 0 Å². The Labute approximate surface area is 91.3 Å². The molecule has 2 N–H and O–H groups in total. The lowest BCUT2D eigenvalue weighted by Gasteiger charge is -2.57. The van der Waals surface area contributed by atoms with Crippen LogP contribution in [0.2, 0.25) is 0 Å². The first-order chi connectivity index (χ1) is 7.31. The van der Waals surface area contributed by atoms with Crippen LogP contribution in [0.3, 0.4) is 0 Å². The van der Waals surface area contributed by atoms with Gasteiger partial charge in [0, 0.05) is 24.7 Å². The first-order valence-electron chi connectivity index (χ1n) is 6.22. The maximum absolute atomic E-state index is 5.91. The highest BCUT2D eigenvalue weighted by atomic mass is 16.5. The van der Waals surface area contributed by atoms with Crippen molar-refractivity contribution < 1.29 is 9.47 Å². The first kappa shape index (κ1) is 10.1. The zero-order valence-electron chi connectivity index (χ0n) is 9.28. The molecular weight excluding hydrogens is 190 g/mol. The Hall–Kier alpha value is -0.120. The van der Waals surface area contributed by atoms with Gasteiger partial charge < -0.3 is 15.2 Å². The van der Waals surface area contributed by atoms with Gasteiger partial charge in [-0.2, -0.15) is 0 Å². The van der Waals surface area contributed by atoms with Gasteiger partial charge in [-0.05, 0) is 37.5 Å². The number of hydrogen-bond donors (Lipinski definition) is 1. The van der Waals surface area contributed by atoms with E-state index in [0.717, 1.165) is 38.3 Å². The van der Waals surface area contributed by atoms with Crippen molar-refractivity contribution in [2.24, 2.45) is 23.0 Å². The number of rotatable bonds is 2. The molecule has 2 aliphatic heterocycles. The molecule has 3 fully saturated rings. The fourth-order valence-corrected chi connectivity index (χ4v) is 3.55. The van der Waals surface area contributed by atoms with E-state index in [0.29, 0.717) is 11.5 Å². The molecule has 2 heterocycles. The zero-order valence-corrected chi connectivity index (χ0v) is 9.28. The Morgan fingerprint density at radius 2 is 1.60 bits per heavy atom. The van der Waals surface area contributed by atoms with E-state index >= 15 is 0 Å². The standard InChI is InChI=1S/C12H21NO2/c13-11-5-10(6-11)12(7-15-8-12)9-1-3-14-4-2-9/h9-11H,1-8,13H2. The van der Waals surface area contributed by atoms with Crippen molar-refractivity contribution in [3.8, 4) is 0 Å². The van der Waals surface area contributed by atoms with E-state index in [1.165, 1.54) is 25.7 Å².